The van der Waals surface area contributed by atoms with E-state index in [2.05, 4.69) is 29.1 Å². The fraction of sp³-hybridized carbons (Fsp3) is 0.636. The van der Waals surface area contributed by atoms with Crippen molar-refractivity contribution in [2.75, 3.05) is 7.05 Å². The maximum absolute atomic E-state index is 11.0. The van der Waals surface area contributed by atoms with Crippen LogP contribution in [0, 0.1) is 0 Å². The van der Waals surface area contributed by atoms with Gasteiger partial charge in [0.2, 0.25) is 0 Å². The molecule has 0 saturated heterocycles. The van der Waals surface area contributed by atoms with E-state index in [1.807, 2.05) is 0 Å². The zero-order valence-electron chi connectivity index (χ0n) is 10.0. The van der Waals surface area contributed by atoms with Crippen LogP contribution < -0.4 is 5.32 Å². The summed E-state index contributed by atoms with van der Waals surface area (Å²) < 4.78 is 0. The molecular formula is C11H21N3O. The lowest BCUT2D eigenvalue weighted by molar-refractivity contribution is -0.118. The zero-order valence-corrected chi connectivity index (χ0v) is 10.0. The number of carbonyl (C=O) groups excluding carboxylic acids is 1. The van der Waals surface area contributed by atoms with Gasteiger partial charge in [-0.15, -0.1) is 0 Å². The summed E-state index contributed by atoms with van der Waals surface area (Å²) in [5.74, 6) is 0.145. The lowest BCUT2D eigenvalue weighted by Crippen LogP contribution is -2.34. The first-order valence-corrected chi connectivity index (χ1v) is 5.30. The fourth-order valence-corrected chi connectivity index (χ4v) is 1.07. The molecule has 0 bridgehead atoms. The molecule has 0 unspecified atom stereocenters. The molecule has 0 amide bonds. The van der Waals surface area contributed by atoms with Gasteiger partial charge in [0.15, 0.2) is 0 Å². The van der Waals surface area contributed by atoms with Crippen molar-refractivity contribution in [1.82, 2.24) is 15.3 Å². The number of nitrogens with zero attached hydrogens (tertiary/aromatic N) is 1. The van der Waals surface area contributed by atoms with Crippen LogP contribution in [0.2, 0.25) is 0 Å². The quantitative estimate of drug-likeness (QED) is 0.794. The molecule has 2 N–H and O–H groups in total. The third-order valence-electron chi connectivity index (χ3n) is 1.82. The maximum Gasteiger partial charge on any atom is 0.147 e. The SMILES string of the molecule is CCC.CN[C@@H](Cc1cnc[nH]1)C(C)=O. The number of carbonyl (C=O) groups is 1. The van der Waals surface area contributed by atoms with Gasteiger partial charge in [0.05, 0.1) is 12.4 Å². The van der Waals surface area contributed by atoms with E-state index in [0.29, 0.717) is 6.42 Å². The smallest absolute Gasteiger partial charge is 0.147 e. The van der Waals surface area contributed by atoms with Crippen LogP contribution >= 0.6 is 0 Å². The van der Waals surface area contributed by atoms with Gasteiger partial charge in [-0.2, -0.15) is 0 Å². The Morgan fingerprint density at radius 2 is 2.20 bits per heavy atom. The van der Waals surface area contributed by atoms with Crippen molar-refractivity contribution in [3.8, 4) is 0 Å². The van der Waals surface area contributed by atoms with E-state index >= 15 is 0 Å². The molecule has 0 spiro atoms. The Hall–Kier alpha value is -1.16. The molecule has 4 heteroatoms. The minimum atomic E-state index is -0.106. The summed E-state index contributed by atoms with van der Waals surface area (Å²) in [4.78, 5) is 17.8. The highest BCUT2D eigenvalue weighted by Crippen LogP contribution is 1.98. The third kappa shape index (κ3) is 6.01. The number of rotatable bonds is 4. The van der Waals surface area contributed by atoms with E-state index in [0.717, 1.165) is 5.69 Å². The Kier molecular flexibility index (Phi) is 7.54. The number of nitrogens with one attached hydrogen (secondary N) is 2. The van der Waals surface area contributed by atoms with Gasteiger partial charge in [-0.25, -0.2) is 4.98 Å². The minimum Gasteiger partial charge on any atom is -0.348 e. The average Bonchev–Trinajstić information content (AvgIpc) is 2.67. The second-order valence-corrected chi connectivity index (χ2v) is 3.44. The van der Waals surface area contributed by atoms with Gasteiger partial charge < -0.3 is 10.3 Å². The molecule has 0 fully saturated rings. The van der Waals surface area contributed by atoms with Gasteiger partial charge in [-0.05, 0) is 14.0 Å². The number of aromatic nitrogens is 2. The van der Waals surface area contributed by atoms with Crippen molar-refractivity contribution >= 4 is 5.78 Å². The van der Waals surface area contributed by atoms with E-state index in [4.69, 9.17) is 0 Å². The predicted molar refractivity (Wildman–Crippen MR) is 61.8 cm³/mol. The third-order valence-corrected chi connectivity index (χ3v) is 1.82. The molecule has 0 aliphatic heterocycles. The van der Waals surface area contributed by atoms with E-state index in [-0.39, 0.29) is 11.8 Å². The summed E-state index contributed by atoms with van der Waals surface area (Å²) in [7, 11) is 1.78. The number of likely N-dealkylation sites (N-methyl/N-ethyl adjacent to an activating group) is 1. The molecule has 15 heavy (non-hydrogen) atoms. The summed E-state index contributed by atoms with van der Waals surface area (Å²) >= 11 is 0. The normalized spacial score (nSPS) is 11.5. The molecular weight excluding hydrogens is 190 g/mol. The molecule has 1 rings (SSSR count). The Morgan fingerprint density at radius 1 is 1.60 bits per heavy atom. The highest BCUT2D eigenvalue weighted by Gasteiger charge is 2.12. The summed E-state index contributed by atoms with van der Waals surface area (Å²) in [6.07, 6.45) is 5.27. The zero-order chi connectivity index (χ0) is 11.7. The summed E-state index contributed by atoms with van der Waals surface area (Å²) in [6, 6.07) is -0.106. The first kappa shape index (κ1) is 13.8. The van der Waals surface area contributed by atoms with Crippen molar-refractivity contribution in [2.45, 2.75) is 39.7 Å². The van der Waals surface area contributed by atoms with Crippen molar-refractivity contribution in [1.29, 1.82) is 0 Å². The summed E-state index contributed by atoms with van der Waals surface area (Å²) in [5.41, 5.74) is 0.976. The van der Waals surface area contributed by atoms with E-state index in [1.54, 1.807) is 26.5 Å². The van der Waals surface area contributed by atoms with Gasteiger partial charge in [0.25, 0.3) is 0 Å². The number of ketones is 1. The lowest BCUT2D eigenvalue weighted by atomic mass is 10.1. The second kappa shape index (κ2) is 8.17. The summed E-state index contributed by atoms with van der Waals surface area (Å²) in [6.45, 7) is 5.83. The second-order valence-electron chi connectivity index (χ2n) is 3.44. The Morgan fingerprint density at radius 3 is 2.53 bits per heavy atom. The average molecular weight is 211 g/mol. The molecule has 0 aliphatic rings. The molecule has 0 aromatic carbocycles. The molecule has 86 valence electrons. The van der Waals surface area contributed by atoms with Crippen molar-refractivity contribution < 1.29 is 4.79 Å². The predicted octanol–water partition coefficient (Wildman–Crippen LogP) is 1.55. The van der Waals surface area contributed by atoms with Crippen LogP contribution in [0.3, 0.4) is 0 Å². The molecule has 0 radical (unpaired) electrons. The number of Topliss-reactive ketones (excluding diaryl/α,β-unsaturated/α-hetero) is 1. The molecule has 0 aliphatic carbocycles. The van der Waals surface area contributed by atoms with Gasteiger partial charge in [0, 0.05) is 18.3 Å². The van der Waals surface area contributed by atoms with Crippen LogP contribution in [-0.2, 0) is 11.2 Å². The maximum atomic E-state index is 11.0. The fourth-order valence-electron chi connectivity index (χ4n) is 1.07. The molecule has 1 aromatic heterocycles. The number of imidazole rings is 1. The topological polar surface area (TPSA) is 57.8 Å². The van der Waals surface area contributed by atoms with E-state index in [9.17, 15) is 4.79 Å². The van der Waals surface area contributed by atoms with Crippen molar-refractivity contribution in [3.63, 3.8) is 0 Å². The first-order valence-electron chi connectivity index (χ1n) is 5.30. The molecule has 1 heterocycles. The molecule has 1 aromatic rings. The van der Waals surface area contributed by atoms with Crippen LogP contribution in [0.4, 0.5) is 0 Å². The number of hydrogen-bond donors (Lipinski definition) is 2. The number of H-pyrrole nitrogens is 1. The van der Waals surface area contributed by atoms with Gasteiger partial charge in [-0.3, -0.25) is 4.79 Å². The monoisotopic (exact) mass is 211 g/mol. The Bertz CT molecular complexity index is 257. The van der Waals surface area contributed by atoms with Crippen LogP contribution in [0.15, 0.2) is 12.5 Å². The van der Waals surface area contributed by atoms with Gasteiger partial charge in [-0.1, -0.05) is 20.3 Å². The van der Waals surface area contributed by atoms with Gasteiger partial charge in [0.1, 0.15) is 5.78 Å². The highest BCUT2D eigenvalue weighted by atomic mass is 16.1. The molecule has 1 atom stereocenters. The highest BCUT2D eigenvalue weighted by molar-refractivity contribution is 5.81. The van der Waals surface area contributed by atoms with Crippen molar-refractivity contribution in [3.05, 3.63) is 18.2 Å². The number of hydrogen-bond acceptors (Lipinski definition) is 3. The Balaban J connectivity index is 0.000000583. The van der Waals surface area contributed by atoms with E-state index < -0.39 is 0 Å². The Labute approximate surface area is 91.5 Å². The van der Waals surface area contributed by atoms with Crippen LogP contribution in [0.1, 0.15) is 32.9 Å². The van der Waals surface area contributed by atoms with Gasteiger partial charge >= 0.3 is 0 Å². The van der Waals surface area contributed by atoms with E-state index in [1.165, 1.54) is 6.42 Å². The first-order chi connectivity index (χ1) is 7.15. The van der Waals surface area contributed by atoms with Crippen LogP contribution in [0.5, 0.6) is 0 Å². The van der Waals surface area contributed by atoms with Crippen molar-refractivity contribution in [2.24, 2.45) is 0 Å². The van der Waals surface area contributed by atoms with Crippen LogP contribution in [0.25, 0.3) is 0 Å². The lowest BCUT2D eigenvalue weighted by Gasteiger charge is -2.10. The standard InChI is InChI=1S/C8H13N3O.C3H8/c1-6(12)8(9-2)3-7-4-10-5-11-7;1-3-2/h4-5,8-9H,3H2,1-2H3,(H,10,11);3H2,1-2H3/t8-;/m0./s1. The molecule has 4 nitrogen and oxygen atoms in total. The molecule has 0 saturated carbocycles. The summed E-state index contributed by atoms with van der Waals surface area (Å²) in [5, 5.41) is 2.94. The number of aromatic amines is 1. The minimum absolute atomic E-state index is 0.106. The van der Waals surface area contributed by atoms with Crippen LogP contribution in [-0.4, -0.2) is 28.8 Å². The largest absolute Gasteiger partial charge is 0.348 e.